The third-order valence-electron chi connectivity index (χ3n) is 5.37. The summed E-state index contributed by atoms with van der Waals surface area (Å²) in [7, 11) is 0. The number of ether oxygens (including phenoxy) is 1. The van der Waals surface area contributed by atoms with Gasteiger partial charge in [-0.2, -0.15) is 0 Å². The Balaban J connectivity index is 1.33. The number of rotatable bonds is 5. The molecule has 1 aliphatic heterocycles. The average Bonchev–Trinajstić information content (AvgIpc) is 3.28. The number of carbonyl (C=O) groups is 2. The molecule has 2 aromatic heterocycles. The molecule has 2 N–H and O–H groups in total. The first-order valence-electron chi connectivity index (χ1n) is 10.3. The van der Waals surface area contributed by atoms with Crippen molar-refractivity contribution in [3.8, 4) is 0 Å². The molecule has 1 aliphatic rings. The number of carbonyl (C=O) groups excluding carboxylic acids is 2. The van der Waals surface area contributed by atoms with Crippen molar-refractivity contribution in [2.24, 2.45) is 0 Å². The van der Waals surface area contributed by atoms with Gasteiger partial charge in [0.1, 0.15) is 11.3 Å². The number of aryl methyl sites for hydroxylation is 2. The summed E-state index contributed by atoms with van der Waals surface area (Å²) in [6.07, 6.45) is 0.233. The van der Waals surface area contributed by atoms with Gasteiger partial charge in [0, 0.05) is 35.8 Å². The molecule has 168 valence electrons. The van der Waals surface area contributed by atoms with Gasteiger partial charge in [0.15, 0.2) is 5.13 Å². The van der Waals surface area contributed by atoms with Crippen LogP contribution >= 0.6 is 11.3 Å². The highest BCUT2D eigenvalue weighted by Gasteiger charge is 2.18. The van der Waals surface area contributed by atoms with Gasteiger partial charge in [-0.15, -0.1) is 11.3 Å². The summed E-state index contributed by atoms with van der Waals surface area (Å²) in [5, 5.41) is 3.24. The summed E-state index contributed by atoms with van der Waals surface area (Å²) in [5.74, 6) is -0.907. The van der Waals surface area contributed by atoms with Crippen LogP contribution < -0.4 is 21.4 Å². The summed E-state index contributed by atoms with van der Waals surface area (Å²) in [5.41, 5.74) is 7.33. The van der Waals surface area contributed by atoms with E-state index in [0.717, 1.165) is 34.7 Å². The first-order chi connectivity index (χ1) is 15.4. The molecule has 0 bridgehead atoms. The van der Waals surface area contributed by atoms with Crippen LogP contribution in [0.3, 0.4) is 0 Å². The normalized spacial score (nSPS) is 13.9. The number of nitrogens with one attached hydrogen (secondary N) is 2. The van der Waals surface area contributed by atoms with Gasteiger partial charge in [-0.05, 0) is 37.5 Å². The van der Waals surface area contributed by atoms with Crippen LogP contribution in [0.2, 0.25) is 0 Å². The highest BCUT2D eigenvalue weighted by atomic mass is 32.1. The Labute approximate surface area is 188 Å². The van der Waals surface area contributed by atoms with Gasteiger partial charge < -0.3 is 14.1 Å². The van der Waals surface area contributed by atoms with E-state index in [1.807, 2.05) is 32.0 Å². The second-order valence-corrected chi connectivity index (χ2v) is 8.45. The molecular weight excluding hydrogens is 432 g/mol. The molecule has 3 heterocycles. The quantitative estimate of drug-likeness (QED) is 0.446. The van der Waals surface area contributed by atoms with Crippen molar-refractivity contribution in [2.45, 2.75) is 26.7 Å². The molecule has 0 radical (unpaired) electrons. The van der Waals surface area contributed by atoms with Crippen molar-refractivity contribution < 1.29 is 18.7 Å². The lowest BCUT2D eigenvalue weighted by Gasteiger charge is -2.25. The van der Waals surface area contributed by atoms with Crippen LogP contribution in [0, 0.1) is 13.8 Å². The van der Waals surface area contributed by atoms with Crippen LogP contribution in [0.5, 0.6) is 0 Å². The van der Waals surface area contributed by atoms with E-state index in [1.165, 1.54) is 11.3 Å². The SMILES string of the molecule is Cc1ccc2c(C)c(CCC(=O)NNC(=O)c3csc(N4CCOCC4)n3)c(=O)oc2c1. The number of hydrogen-bond donors (Lipinski definition) is 2. The van der Waals surface area contributed by atoms with Gasteiger partial charge in [0.25, 0.3) is 5.91 Å². The summed E-state index contributed by atoms with van der Waals surface area (Å²) in [6, 6.07) is 5.68. The van der Waals surface area contributed by atoms with E-state index in [9.17, 15) is 14.4 Å². The van der Waals surface area contributed by atoms with Crippen LogP contribution in [0.4, 0.5) is 5.13 Å². The minimum atomic E-state index is -0.495. The highest BCUT2D eigenvalue weighted by Crippen LogP contribution is 2.22. The van der Waals surface area contributed by atoms with Gasteiger partial charge in [-0.1, -0.05) is 12.1 Å². The molecule has 1 saturated heterocycles. The molecule has 1 fully saturated rings. The Morgan fingerprint density at radius 3 is 2.75 bits per heavy atom. The zero-order valence-corrected chi connectivity index (χ0v) is 18.7. The van der Waals surface area contributed by atoms with Gasteiger partial charge >= 0.3 is 5.63 Å². The van der Waals surface area contributed by atoms with Crippen LogP contribution in [-0.2, 0) is 16.0 Å². The monoisotopic (exact) mass is 456 g/mol. The predicted octanol–water partition coefficient (Wildman–Crippen LogP) is 2.10. The molecule has 9 nitrogen and oxygen atoms in total. The van der Waals surface area contributed by atoms with E-state index < -0.39 is 17.4 Å². The standard InChI is InChI=1S/C22H24N4O5S/c1-13-3-4-15-14(2)16(21(29)31-18(15)11-13)5-6-19(27)24-25-20(28)17-12-32-22(23-17)26-7-9-30-10-8-26/h3-4,11-12H,5-10H2,1-2H3,(H,24,27)(H,25,28). The number of fused-ring (bicyclic) bond motifs is 1. The number of thiazole rings is 1. The fourth-order valence-electron chi connectivity index (χ4n) is 3.55. The molecule has 0 unspecified atom stereocenters. The molecular formula is C22H24N4O5S. The zero-order valence-electron chi connectivity index (χ0n) is 17.9. The lowest BCUT2D eigenvalue weighted by atomic mass is 10.0. The number of amides is 2. The third kappa shape index (κ3) is 4.81. The number of nitrogens with zero attached hydrogens (tertiary/aromatic N) is 2. The number of hydrazine groups is 1. The third-order valence-corrected chi connectivity index (χ3v) is 6.27. The van der Waals surface area contributed by atoms with Crippen LogP contribution in [0.15, 0.2) is 32.8 Å². The Morgan fingerprint density at radius 2 is 1.97 bits per heavy atom. The molecule has 0 saturated carbocycles. The minimum Gasteiger partial charge on any atom is -0.423 e. The predicted molar refractivity (Wildman–Crippen MR) is 121 cm³/mol. The largest absolute Gasteiger partial charge is 0.423 e. The molecule has 4 rings (SSSR count). The van der Waals surface area contributed by atoms with E-state index in [0.29, 0.717) is 24.4 Å². The maximum absolute atomic E-state index is 12.4. The number of anilines is 1. The Hall–Kier alpha value is -3.24. The topological polar surface area (TPSA) is 114 Å². The molecule has 0 spiro atoms. The van der Waals surface area contributed by atoms with Crippen molar-refractivity contribution >= 4 is 39.3 Å². The lowest BCUT2D eigenvalue weighted by Crippen LogP contribution is -2.42. The Bertz CT molecular complexity index is 1210. The Kier molecular flexibility index (Phi) is 6.52. The maximum atomic E-state index is 12.4. The number of morpholine rings is 1. The van der Waals surface area contributed by atoms with Gasteiger partial charge in [0.05, 0.1) is 13.2 Å². The van der Waals surface area contributed by atoms with Gasteiger partial charge in [-0.3, -0.25) is 20.4 Å². The van der Waals surface area contributed by atoms with E-state index in [2.05, 4.69) is 20.7 Å². The van der Waals surface area contributed by atoms with Crippen molar-refractivity contribution in [3.63, 3.8) is 0 Å². The van der Waals surface area contributed by atoms with Gasteiger partial charge in [0.2, 0.25) is 5.91 Å². The first kappa shape index (κ1) is 22.0. The van der Waals surface area contributed by atoms with E-state index >= 15 is 0 Å². The van der Waals surface area contributed by atoms with Crippen LogP contribution in [-0.4, -0.2) is 43.1 Å². The summed E-state index contributed by atoms with van der Waals surface area (Å²) in [4.78, 5) is 43.3. The van der Waals surface area contributed by atoms with Crippen molar-refractivity contribution in [1.29, 1.82) is 0 Å². The maximum Gasteiger partial charge on any atom is 0.339 e. The fraction of sp³-hybridized carbons (Fsp3) is 0.364. The van der Waals surface area contributed by atoms with Crippen molar-refractivity contribution in [1.82, 2.24) is 15.8 Å². The molecule has 0 atom stereocenters. The highest BCUT2D eigenvalue weighted by molar-refractivity contribution is 7.13. The zero-order chi connectivity index (χ0) is 22.7. The first-order valence-corrected chi connectivity index (χ1v) is 11.2. The summed E-state index contributed by atoms with van der Waals surface area (Å²) in [6.45, 7) is 6.49. The minimum absolute atomic E-state index is 0.0271. The van der Waals surface area contributed by atoms with Crippen LogP contribution in [0.1, 0.15) is 33.6 Å². The fourth-order valence-corrected chi connectivity index (χ4v) is 4.41. The average molecular weight is 457 g/mol. The van der Waals surface area contributed by atoms with Crippen molar-refractivity contribution in [3.05, 3.63) is 56.4 Å². The van der Waals surface area contributed by atoms with E-state index in [-0.39, 0.29) is 18.5 Å². The number of aromatic nitrogens is 1. The number of benzene rings is 1. The Morgan fingerprint density at radius 1 is 1.19 bits per heavy atom. The lowest BCUT2D eigenvalue weighted by molar-refractivity contribution is -0.121. The second-order valence-electron chi connectivity index (χ2n) is 7.61. The number of hydrogen-bond acceptors (Lipinski definition) is 8. The molecule has 32 heavy (non-hydrogen) atoms. The second kappa shape index (κ2) is 9.49. The summed E-state index contributed by atoms with van der Waals surface area (Å²) < 4.78 is 10.7. The smallest absolute Gasteiger partial charge is 0.339 e. The van der Waals surface area contributed by atoms with Crippen molar-refractivity contribution in [2.75, 3.05) is 31.2 Å². The molecule has 10 heteroatoms. The van der Waals surface area contributed by atoms with E-state index in [4.69, 9.17) is 9.15 Å². The van der Waals surface area contributed by atoms with E-state index in [1.54, 1.807) is 5.38 Å². The van der Waals surface area contributed by atoms with Gasteiger partial charge in [-0.25, -0.2) is 9.78 Å². The molecule has 3 aromatic rings. The summed E-state index contributed by atoms with van der Waals surface area (Å²) >= 11 is 1.37. The molecule has 0 aliphatic carbocycles. The molecule has 1 aromatic carbocycles. The van der Waals surface area contributed by atoms with Crippen LogP contribution in [0.25, 0.3) is 11.0 Å². The molecule has 2 amide bonds.